The molecule has 22 heavy (non-hydrogen) atoms. The van der Waals surface area contributed by atoms with Crippen LogP contribution in [0.2, 0.25) is 0 Å². The van der Waals surface area contributed by atoms with Crippen LogP contribution < -0.4 is 4.90 Å². The zero-order valence-electron chi connectivity index (χ0n) is 12.8. The topological polar surface area (TPSA) is 55.8 Å². The van der Waals surface area contributed by atoms with Crippen LogP contribution in [-0.2, 0) is 25.5 Å². The van der Waals surface area contributed by atoms with Crippen LogP contribution in [0.5, 0.6) is 0 Å². The maximum Gasteiger partial charge on any atom is 0.329 e. The van der Waals surface area contributed by atoms with Crippen LogP contribution in [0.25, 0.3) is 0 Å². The van der Waals surface area contributed by atoms with Gasteiger partial charge < -0.3 is 14.4 Å². The summed E-state index contributed by atoms with van der Waals surface area (Å²) in [7, 11) is 0. The van der Waals surface area contributed by atoms with Crippen LogP contribution in [0.1, 0.15) is 32.3 Å². The molecule has 1 aromatic rings. The molecule has 0 aliphatic carbocycles. The fourth-order valence-electron chi connectivity index (χ4n) is 4.08. The number of carbonyl (C=O) groups excluding carboxylic acids is 2. The predicted octanol–water partition coefficient (Wildman–Crippen LogP) is 2.03. The van der Waals surface area contributed by atoms with Gasteiger partial charge >= 0.3 is 11.9 Å². The van der Waals surface area contributed by atoms with Crippen LogP contribution in [0.4, 0.5) is 5.69 Å². The number of hydrogen-bond acceptors (Lipinski definition) is 5. The van der Waals surface area contributed by atoms with Gasteiger partial charge in [0, 0.05) is 32.5 Å². The second kappa shape index (κ2) is 4.24. The van der Waals surface area contributed by atoms with Crippen molar-refractivity contribution >= 4 is 17.6 Å². The molecule has 0 radical (unpaired) electrons. The molecule has 0 amide bonds. The van der Waals surface area contributed by atoms with E-state index in [9.17, 15) is 9.59 Å². The third-order valence-corrected chi connectivity index (χ3v) is 5.00. The van der Waals surface area contributed by atoms with Gasteiger partial charge in [0.05, 0.1) is 6.04 Å². The van der Waals surface area contributed by atoms with E-state index in [1.807, 2.05) is 18.2 Å². The Morgan fingerprint density at radius 2 is 1.82 bits per heavy atom. The Hall–Kier alpha value is -2.04. The number of esters is 2. The second-order valence-corrected chi connectivity index (χ2v) is 6.81. The van der Waals surface area contributed by atoms with E-state index in [0.29, 0.717) is 6.42 Å². The molecule has 5 heteroatoms. The summed E-state index contributed by atoms with van der Waals surface area (Å²) in [5, 5.41) is 0. The Bertz CT molecular complexity index is 646. The summed E-state index contributed by atoms with van der Waals surface area (Å²) in [4.78, 5) is 27.8. The second-order valence-electron chi connectivity index (χ2n) is 6.81. The number of para-hydroxylation sites is 1. The first-order valence-corrected chi connectivity index (χ1v) is 7.75. The maximum absolute atomic E-state index is 12.8. The van der Waals surface area contributed by atoms with E-state index < -0.39 is 23.1 Å². The van der Waals surface area contributed by atoms with E-state index in [4.69, 9.17) is 9.47 Å². The third-order valence-electron chi connectivity index (χ3n) is 5.00. The Labute approximate surface area is 129 Å². The zero-order chi connectivity index (χ0) is 15.5. The van der Waals surface area contributed by atoms with Gasteiger partial charge in [-0.15, -0.1) is 0 Å². The van der Waals surface area contributed by atoms with Gasteiger partial charge in [-0.05, 0) is 24.5 Å². The average Bonchev–Trinajstić information content (AvgIpc) is 2.93. The highest BCUT2D eigenvalue weighted by molar-refractivity contribution is 6.04. The number of cyclic esters (lactones) is 2. The van der Waals surface area contributed by atoms with Crippen molar-refractivity contribution in [2.24, 2.45) is 5.41 Å². The molecule has 3 heterocycles. The molecule has 3 aliphatic rings. The number of anilines is 1. The summed E-state index contributed by atoms with van der Waals surface area (Å²) in [6.07, 6.45) is 2.13. The maximum atomic E-state index is 12.8. The van der Waals surface area contributed by atoms with Crippen LogP contribution in [0.3, 0.4) is 0 Å². The smallest absolute Gasteiger partial charge is 0.329 e. The number of nitrogens with zero attached hydrogens (tertiary/aromatic N) is 1. The largest absolute Gasteiger partial charge is 0.422 e. The fourth-order valence-corrected chi connectivity index (χ4v) is 4.08. The van der Waals surface area contributed by atoms with Gasteiger partial charge in [-0.3, -0.25) is 9.59 Å². The minimum atomic E-state index is -1.22. The molecule has 0 aromatic heterocycles. The lowest BCUT2D eigenvalue weighted by atomic mass is 9.70. The number of benzene rings is 1. The van der Waals surface area contributed by atoms with Crippen molar-refractivity contribution in [2.45, 2.75) is 44.9 Å². The molecule has 0 saturated carbocycles. The molecular weight excluding hydrogens is 282 g/mol. The van der Waals surface area contributed by atoms with E-state index in [0.717, 1.165) is 30.6 Å². The molecule has 0 N–H and O–H groups in total. The van der Waals surface area contributed by atoms with E-state index in [1.54, 1.807) is 13.8 Å². The van der Waals surface area contributed by atoms with Crippen LogP contribution in [-0.4, -0.2) is 30.3 Å². The lowest BCUT2D eigenvalue weighted by Crippen LogP contribution is -2.64. The van der Waals surface area contributed by atoms with Gasteiger partial charge in [0.2, 0.25) is 0 Å². The standard InChI is InChI=1S/C17H19NO4/c1-16(2)21-14(19)17(15(20)22-16)10-11-6-3-4-7-12(11)18-9-5-8-13(17)18/h3-4,6-7,13H,5,8-10H2,1-2H3. The third kappa shape index (κ3) is 1.65. The molecule has 3 aliphatic heterocycles. The number of rotatable bonds is 0. The van der Waals surface area contributed by atoms with Crippen molar-refractivity contribution in [3.8, 4) is 0 Å². The van der Waals surface area contributed by atoms with Crippen LogP contribution in [0, 0.1) is 5.41 Å². The molecule has 2 fully saturated rings. The Balaban J connectivity index is 1.85. The van der Waals surface area contributed by atoms with Crippen molar-refractivity contribution in [3.63, 3.8) is 0 Å². The van der Waals surface area contributed by atoms with Gasteiger partial charge in [-0.25, -0.2) is 0 Å². The summed E-state index contributed by atoms with van der Waals surface area (Å²) in [5.41, 5.74) is 0.913. The number of fused-ring (bicyclic) bond motifs is 4. The Morgan fingerprint density at radius 1 is 1.14 bits per heavy atom. The molecule has 1 atom stereocenters. The predicted molar refractivity (Wildman–Crippen MR) is 79.2 cm³/mol. The quantitative estimate of drug-likeness (QED) is 0.542. The summed E-state index contributed by atoms with van der Waals surface area (Å²) in [6, 6.07) is 7.80. The summed E-state index contributed by atoms with van der Waals surface area (Å²) in [5.74, 6) is -2.07. The molecule has 1 unspecified atom stereocenters. The number of carbonyl (C=O) groups is 2. The number of hydrogen-bond donors (Lipinski definition) is 0. The van der Waals surface area contributed by atoms with Crippen molar-refractivity contribution in [1.82, 2.24) is 0 Å². The summed E-state index contributed by atoms with van der Waals surface area (Å²) < 4.78 is 10.9. The highest BCUT2D eigenvalue weighted by Gasteiger charge is 2.64. The van der Waals surface area contributed by atoms with Crippen LogP contribution in [0.15, 0.2) is 24.3 Å². The van der Waals surface area contributed by atoms with E-state index in [-0.39, 0.29) is 6.04 Å². The normalized spacial score (nSPS) is 27.9. The monoisotopic (exact) mass is 301 g/mol. The first kappa shape index (κ1) is 13.6. The van der Waals surface area contributed by atoms with E-state index >= 15 is 0 Å². The van der Waals surface area contributed by atoms with Gasteiger partial charge in [0.15, 0.2) is 5.41 Å². The SMILES string of the molecule is CC1(C)OC(=O)C2(Cc3ccccc3N3CCCC32)C(=O)O1. The summed E-state index contributed by atoms with van der Waals surface area (Å²) >= 11 is 0. The highest BCUT2D eigenvalue weighted by atomic mass is 16.7. The molecule has 0 bridgehead atoms. The first-order valence-electron chi connectivity index (χ1n) is 7.75. The zero-order valence-corrected chi connectivity index (χ0v) is 12.8. The Morgan fingerprint density at radius 3 is 2.55 bits per heavy atom. The number of ether oxygens (including phenoxy) is 2. The van der Waals surface area contributed by atoms with Gasteiger partial charge in [-0.2, -0.15) is 0 Å². The van der Waals surface area contributed by atoms with Gasteiger partial charge in [0.1, 0.15) is 0 Å². The molecule has 2 saturated heterocycles. The molecular formula is C17H19NO4. The van der Waals surface area contributed by atoms with Gasteiger partial charge in [0.25, 0.3) is 5.79 Å². The minimum absolute atomic E-state index is 0.168. The molecule has 1 spiro atoms. The molecule has 1 aromatic carbocycles. The van der Waals surface area contributed by atoms with Crippen LogP contribution >= 0.6 is 0 Å². The lowest BCUT2D eigenvalue weighted by Gasteiger charge is -2.49. The van der Waals surface area contributed by atoms with Crippen molar-refractivity contribution < 1.29 is 19.1 Å². The van der Waals surface area contributed by atoms with E-state index in [1.165, 1.54) is 0 Å². The summed E-state index contributed by atoms with van der Waals surface area (Å²) in [6.45, 7) is 4.05. The average molecular weight is 301 g/mol. The molecule has 4 rings (SSSR count). The van der Waals surface area contributed by atoms with Crippen molar-refractivity contribution in [2.75, 3.05) is 11.4 Å². The first-order chi connectivity index (χ1) is 10.4. The Kier molecular flexibility index (Phi) is 2.63. The highest BCUT2D eigenvalue weighted by Crippen LogP contribution is 2.49. The molecule has 116 valence electrons. The molecule has 5 nitrogen and oxygen atoms in total. The van der Waals surface area contributed by atoms with Gasteiger partial charge in [-0.1, -0.05) is 18.2 Å². The van der Waals surface area contributed by atoms with Crippen molar-refractivity contribution in [1.29, 1.82) is 0 Å². The minimum Gasteiger partial charge on any atom is -0.422 e. The lowest BCUT2D eigenvalue weighted by molar-refractivity contribution is -0.252. The van der Waals surface area contributed by atoms with E-state index in [2.05, 4.69) is 11.0 Å². The fraction of sp³-hybridized carbons (Fsp3) is 0.529. The van der Waals surface area contributed by atoms with Crippen molar-refractivity contribution in [3.05, 3.63) is 29.8 Å².